The van der Waals surface area contributed by atoms with Crippen LogP contribution < -0.4 is 16.6 Å². The van der Waals surface area contributed by atoms with Crippen molar-refractivity contribution in [1.29, 1.82) is 0 Å². The number of ether oxygens (including phenoxy) is 1. The van der Waals surface area contributed by atoms with Crippen molar-refractivity contribution >= 4 is 11.6 Å². The predicted molar refractivity (Wildman–Crippen MR) is 61.2 cm³/mol. The van der Waals surface area contributed by atoms with Gasteiger partial charge in [-0.1, -0.05) is 0 Å². The van der Waals surface area contributed by atoms with Crippen LogP contribution in [-0.4, -0.2) is 37.1 Å². The summed E-state index contributed by atoms with van der Waals surface area (Å²) in [7, 11) is 0. The first-order chi connectivity index (χ1) is 8.63. The van der Waals surface area contributed by atoms with E-state index in [2.05, 4.69) is 20.5 Å². The Kier molecular flexibility index (Phi) is 5.95. The van der Waals surface area contributed by atoms with Crippen LogP contribution in [0.3, 0.4) is 0 Å². The summed E-state index contributed by atoms with van der Waals surface area (Å²) >= 11 is 0. The van der Waals surface area contributed by atoms with Gasteiger partial charge >= 0.3 is 0 Å². The van der Waals surface area contributed by atoms with Gasteiger partial charge in [0.15, 0.2) is 0 Å². The molecule has 0 fully saturated rings. The number of hydrogen-bond acceptors (Lipinski definition) is 5. The highest BCUT2D eigenvalue weighted by Gasteiger charge is 2.07. The number of nitrogens with two attached hydrogens (primary N) is 1. The van der Waals surface area contributed by atoms with Crippen LogP contribution in [0.4, 0.5) is 14.5 Å². The van der Waals surface area contributed by atoms with E-state index in [1.165, 1.54) is 12.3 Å². The molecule has 0 saturated carbocycles. The Hall–Kier alpha value is -1.80. The Morgan fingerprint density at radius 3 is 3.00 bits per heavy atom. The van der Waals surface area contributed by atoms with Crippen LogP contribution in [0.2, 0.25) is 0 Å². The van der Waals surface area contributed by atoms with Gasteiger partial charge in [0.25, 0.3) is 12.3 Å². The van der Waals surface area contributed by atoms with Gasteiger partial charge in [-0.15, -0.1) is 0 Å². The number of nitrogens with zero attached hydrogens (tertiary/aromatic N) is 1. The van der Waals surface area contributed by atoms with E-state index in [4.69, 9.17) is 5.84 Å². The fraction of sp³-hybridized carbons (Fsp3) is 0.400. The van der Waals surface area contributed by atoms with Gasteiger partial charge in [0.1, 0.15) is 12.3 Å². The minimum atomic E-state index is -2.50. The third-order valence-corrected chi connectivity index (χ3v) is 1.94. The quantitative estimate of drug-likeness (QED) is 0.374. The van der Waals surface area contributed by atoms with E-state index >= 15 is 0 Å². The molecule has 0 aliphatic carbocycles. The molecular formula is C10H14F2N4O2. The zero-order valence-electron chi connectivity index (χ0n) is 9.53. The summed E-state index contributed by atoms with van der Waals surface area (Å²) in [6, 6.07) is 3.07. The number of alkyl halides is 2. The Balaban J connectivity index is 2.31. The summed E-state index contributed by atoms with van der Waals surface area (Å²) in [5.41, 5.74) is 3.11. The van der Waals surface area contributed by atoms with Crippen molar-refractivity contribution in [1.82, 2.24) is 10.3 Å². The Morgan fingerprint density at radius 2 is 2.33 bits per heavy atom. The maximum atomic E-state index is 11.7. The lowest BCUT2D eigenvalue weighted by atomic mass is 10.3. The smallest absolute Gasteiger partial charge is 0.270 e. The molecule has 1 heterocycles. The van der Waals surface area contributed by atoms with Gasteiger partial charge in [-0.3, -0.25) is 15.6 Å². The molecule has 0 spiro atoms. The number of hydrogen-bond donors (Lipinski definition) is 3. The largest absolute Gasteiger partial charge is 0.374 e. The zero-order valence-corrected chi connectivity index (χ0v) is 9.53. The number of rotatable bonds is 7. The van der Waals surface area contributed by atoms with Crippen LogP contribution >= 0.6 is 0 Å². The fourth-order valence-corrected chi connectivity index (χ4v) is 1.14. The summed E-state index contributed by atoms with van der Waals surface area (Å²) < 4.78 is 28.1. The van der Waals surface area contributed by atoms with Crippen LogP contribution in [0.5, 0.6) is 0 Å². The number of anilines is 1. The number of carbonyl (C=O) groups is 1. The normalized spacial score (nSPS) is 10.4. The molecule has 0 aromatic carbocycles. The second kappa shape index (κ2) is 7.51. The predicted octanol–water partition coefficient (Wildman–Crippen LogP) is 0.379. The molecule has 0 aliphatic heterocycles. The van der Waals surface area contributed by atoms with Crippen LogP contribution in [0.15, 0.2) is 18.3 Å². The molecule has 1 aromatic heterocycles. The van der Waals surface area contributed by atoms with Crippen molar-refractivity contribution in [2.75, 3.05) is 25.2 Å². The van der Waals surface area contributed by atoms with Gasteiger partial charge in [0.05, 0.1) is 12.3 Å². The molecule has 18 heavy (non-hydrogen) atoms. The number of nitrogen functional groups attached to an aromatic ring is 1. The van der Waals surface area contributed by atoms with Gasteiger partial charge in [0.2, 0.25) is 0 Å². The highest BCUT2D eigenvalue weighted by Crippen LogP contribution is 2.05. The highest BCUT2D eigenvalue weighted by atomic mass is 19.3. The van der Waals surface area contributed by atoms with Crippen LogP contribution in [-0.2, 0) is 4.74 Å². The third-order valence-electron chi connectivity index (χ3n) is 1.94. The molecular weight excluding hydrogens is 246 g/mol. The molecule has 100 valence electrons. The number of hydrazine groups is 1. The van der Waals surface area contributed by atoms with Crippen LogP contribution in [0, 0.1) is 0 Å². The highest BCUT2D eigenvalue weighted by molar-refractivity contribution is 5.93. The standard InChI is InChI=1S/C10H14F2N4O2/c11-9(12)6-18-4-3-15-10(17)8-5-7(16-13)1-2-14-8/h1-2,5,9H,3-4,6,13H2,(H,14,16)(H,15,17). The first kappa shape index (κ1) is 14.3. The lowest BCUT2D eigenvalue weighted by molar-refractivity contribution is 0.0188. The molecule has 0 atom stereocenters. The molecule has 1 rings (SSSR count). The minimum Gasteiger partial charge on any atom is -0.374 e. The summed E-state index contributed by atoms with van der Waals surface area (Å²) in [5.74, 6) is 4.76. The van der Waals surface area contributed by atoms with E-state index in [-0.39, 0.29) is 18.8 Å². The number of carbonyl (C=O) groups excluding carboxylic acids is 1. The summed E-state index contributed by atoms with van der Waals surface area (Å²) in [5, 5.41) is 2.48. The molecule has 0 unspecified atom stereocenters. The summed E-state index contributed by atoms with van der Waals surface area (Å²) in [4.78, 5) is 15.4. The second-order valence-electron chi connectivity index (χ2n) is 3.30. The van der Waals surface area contributed by atoms with Crippen molar-refractivity contribution in [3.05, 3.63) is 24.0 Å². The van der Waals surface area contributed by atoms with Gasteiger partial charge in [-0.25, -0.2) is 8.78 Å². The number of nitrogens with one attached hydrogen (secondary N) is 2. The average Bonchev–Trinajstić information content (AvgIpc) is 2.37. The lowest BCUT2D eigenvalue weighted by Gasteiger charge is -2.06. The SMILES string of the molecule is NNc1ccnc(C(=O)NCCOCC(F)F)c1. The molecule has 0 radical (unpaired) electrons. The van der Waals surface area contributed by atoms with Crippen molar-refractivity contribution in [3.8, 4) is 0 Å². The maximum absolute atomic E-state index is 11.7. The topological polar surface area (TPSA) is 89.3 Å². The Bertz CT molecular complexity index is 390. The van der Waals surface area contributed by atoms with Gasteiger partial charge in [-0.2, -0.15) is 0 Å². The number of halogens is 2. The van der Waals surface area contributed by atoms with Crippen molar-refractivity contribution in [2.45, 2.75) is 6.43 Å². The summed E-state index contributed by atoms with van der Waals surface area (Å²) in [6.07, 6.45) is -1.08. The number of pyridine rings is 1. The molecule has 8 heteroatoms. The van der Waals surface area contributed by atoms with Gasteiger partial charge in [0, 0.05) is 12.7 Å². The molecule has 0 bridgehead atoms. The van der Waals surface area contributed by atoms with Crippen molar-refractivity contribution in [3.63, 3.8) is 0 Å². The minimum absolute atomic E-state index is 0.0188. The molecule has 6 nitrogen and oxygen atoms in total. The molecule has 0 aliphatic rings. The maximum Gasteiger partial charge on any atom is 0.270 e. The average molecular weight is 260 g/mol. The Labute approximate surface area is 102 Å². The molecule has 1 aromatic rings. The molecule has 1 amide bonds. The van der Waals surface area contributed by atoms with E-state index in [9.17, 15) is 13.6 Å². The molecule has 0 saturated heterocycles. The van der Waals surface area contributed by atoms with Crippen molar-refractivity contribution < 1.29 is 18.3 Å². The van der Waals surface area contributed by atoms with E-state index < -0.39 is 18.9 Å². The van der Waals surface area contributed by atoms with Crippen LogP contribution in [0.25, 0.3) is 0 Å². The van der Waals surface area contributed by atoms with E-state index in [1.54, 1.807) is 6.07 Å². The summed E-state index contributed by atoms with van der Waals surface area (Å²) in [6.45, 7) is -0.487. The van der Waals surface area contributed by atoms with E-state index in [0.29, 0.717) is 5.69 Å². The third kappa shape index (κ3) is 5.02. The number of aromatic nitrogens is 1. The van der Waals surface area contributed by atoms with Gasteiger partial charge < -0.3 is 15.5 Å². The fourth-order valence-electron chi connectivity index (χ4n) is 1.14. The first-order valence-electron chi connectivity index (χ1n) is 5.20. The number of amides is 1. The second-order valence-corrected chi connectivity index (χ2v) is 3.30. The Morgan fingerprint density at radius 1 is 1.56 bits per heavy atom. The van der Waals surface area contributed by atoms with Gasteiger partial charge in [-0.05, 0) is 12.1 Å². The molecule has 4 N–H and O–H groups in total. The van der Waals surface area contributed by atoms with E-state index in [1.807, 2.05) is 0 Å². The zero-order chi connectivity index (χ0) is 13.4. The lowest BCUT2D eigenvalue weighted by Crippen LogP contribution is -2.28. The van der Waals surface area contributed by atoms with E-state index in [0.717, 1.165) is 0 Å². The van der Waals surface area contributed by atoms with Crippen LogP contribution in [0.1, 0.15) is 10.5 Å². The monoisotopic (exact) mass is 260 g/mol. The first-order valence-corrected chi connectivity index (χ1v) is 5.20. The van der Waals surface area contributed by atoms with Crippen molar-refractivity contribution in [2.24, 2.45) is 5.84 Å².